The fourth-order valence-corrected chi connectivity index (χ4v) is 1.22. The van der Waals surface area contributed by atoms with E-state index < -0.39 is 11.9 Å². The van der Waals surface area contributed by atoms with Crippen LogP contribution in [0.5, 0.6) is 5.88 Å². The number of nitrogens with zero attached hydrogens (tertiary/aromatic N) is 1. The van der Waals surface area contributed by atoms with Crippen LogP contribution in [0.1, 0.15) is 12.8 Å². The van der Waals surface area contributed by atoms with Crippen molar-refractivity contribution < 1.29 is 52.1 Å². The van der Waals surface area contributed by atoms with Gasteiger partial charge in [0.2, 0.25) is 5.88 Å². The number of ether oxygens (including phenoxy) is 1. The number of hydrogen-bond acceptors (Lipinski definition) is 4. The van der Waals surface area contributed by atoms with Gasteiger partial charge in [-0.1, -0.05) is 11.6 Å². The van der Waals surface area contributed by atoms with Crippen LogP contribution in [0.15, 0.2) is 12.1 Å². The quantitative estimate of drug-likeness (QED) is 0.791. The number of carboxylic acid groups (broad SMARTS) is 1. The van der Waals surface area contributed by atoms with Crippen LogP contribution in [0.3, 0.4) is 0 Å². The molecule has 2 rings (SSSR count). The van der Waals surface area contributed by atoms with Crippen molar-refractivity contribution in [3.05, 3.63) is 31.0 Å². The SMILES string of the molecule is [CH2-]C(=O)Nc1nc(OC2CC2)ccc1Cl.[CH2-]C(=O)O.[Y]. The Morgan fingerprint density at radius 2 is 1.95 bits per heavy atom. The summed E-state index contributed by atoms with van der Waals surface area (Å²) in [6, 6.07) is 3.32. The molecule has 20 heavy (non-hydrogen) atoms. The zero-order valence-corrected chi connectivity index (χ0v) is 14.2. The molecule has 0 atom stereocenters. The van der Waals surface area contributed by atoms with Gasteiger partial charge in [-0.2, -0.15) is 4.98 Å². The predicted molar refractivity (Wildman–Crippen MR) is 69.9 cm³/mol. The number of hydrogen-bond donors (Lipinski definition) is 2. The number of carbonyl (C=O) groups is 2. The predicted octanol–water partition coefficient (Wildman–Crippen LogP) is 1.95. The van der Waals surface area contributed by atoms with Crippen molar-refractivity contribution in [3.63, 3.8) is 0 Å². The first kappa shape index (κ1) is 19.0. The van der Waals surface area contributed by atoms with Gasteiger partial charge in [-0.3, -0.25) is 11.7 Å². The van der Waals surface area contributed by atoms with Gasteiger partial charge in [-0.25, -0.2) is 0 Å². The third-order valence-electron chi connectivity index (χ3n) is 1.89. The standard InChI is InChI=1S/C10H10ClN2O2.C2H3O2.Y/c1-6(14)12-10-8(11)4-5-9(13-10)15-7-2-3-7;1-2(3)4;/h4-5,7H,1-3H2,(H,12,13,14);1H2,(H,3,4);/q2*-1;. The Morgan fingerprint density at radius 3 is 2.40 bits per heavy atom. The van der Waals surface area contributed by atoms with Crippen LogP contribution in [0.2, 0.25) is 5.02 Å². The van der Waals surface area contributed by atoms with Gasteiger partial charge in [0.25, 0.3) is 0 Å². The molecule has 0 spiro atoms. The summed E-state index contributed by atoms with van der Waals surface area (Å²) in [5, 5.41) is 10.1. The Kier molecular flexibility index (Phi) is 8.61. The van der Waals surface area contributed by atoms with Crippen molar-refractivity contribution in [2.75, 3.05) is 5.32 Å². The van der Waals surface area contributed by atoms with Gasteiger partial charge >= 0.3 is 0 Å². The molecule has 6 nitrogen and oxygen atoms in total. The van der Waals surface area contributed by atoms with Crippen LogP contribution in [0.4, 0.5) is 5.82 Å². The van der Waals surface area contributed by atoms with E-state index in [4.69, 9.17) is 26.2 Å². The summed E-state index contributed by atoms with van der Waals surface area (Å²) in [5.41, 5.74) is 0. The number of aromatic nitrogens is 1. The molecule has 1 amide bonds. The maximum absolute atomic E-state index is 10.7. The van der Waals surface area contributed by atoms with Crippen LogP contribution < -0.4 is 10.1 Å². The molecular formula is C12H13ClN2O4Y-2. The van der Waals surface area contributed by atoms with E-state index in [1.807, 2.05) is 0 Å². The number of carboxylic acids is 1. The molecule has 1 fully saturated rings. The zero-order valence-electron chi connectivity index (χ0n) is 10.6. The third-order valence-corrected chi connectivity index (χ3v) is 2.20. The van der Waals surface area contributed by atoms with E-state index in [0.717, 1.165) is 12.8 Å². The summed E-state index contributed by atoms with van der Waals surface area (Å²) < 4.78 is 5.46. The fraction of sp³-hybridized carbons (Fsp3) is 0.250. The van der Waals surface area contributed by atoms with Crippen LogP contribution in [0, 0.1) is 13.8 Å². The summed E-state index contributed by atoms with van der Waals surface area (Å²) in [6.07, 6.45) is 2.38. The second-order valence-electron chi connectivity index (χ2n) is 3.74. The molecule has 0 aliphatic heterocycles. The smallest absolute Gasteiger partial charge is 0.215 e. The number of rotatable bonds is 3. The van der Waals surface area contributed by atoms with Crippen molar-refractivity contribution in [2.45, 2.75) is 18.9 Å². The third kappa shape index (κ3) is 8.25. The molecule has 1 heterocycles. The first-order valence-corrected chi connectivity index (χ1v) is 5.77. The molecule has 1 aromatic rings. The van der Waals surface area contributed by atoms with Crippen LogP contribution in [-0.4, -0.2) is 28.1 Å². The normalized spacial score (nSPS) is 12.2. The molecule has 0 aromatic carbocycles. The molecule has 107 valence electrons. The Morgan fingerprint density at radius 1 is 1.40 bits per heavy atom. The van der Waals surface area contributed by atoms with Gasteiger partial charge < -0.3 is 26.9 Å². The number of amides is 1. The van der Waals surface area contributed by atoms with E-state index in [0.29, 0.717) is 10.9 Å². The summed E-state index contributed by atoms with van der Waals surface area (Å²) >= 11 is 5.83. The van der Waals surface area contributed by atoms with Gasteiger partial charge in [-0.15, -0.1) is 0 Å². The maximum Gasteiger partial charge on any atom is 0.215 e. The summed E-state index contributed by atoms with van der Waals surface area (Å²) in [6.45, 7) is 5.74. The maximum atomic E-state index is 10.7. The van der Waals surface area contributed by atoms with Gasteiger partial charge in [0.15, 0.2) is 11.8 Å². The summed E-state index contributed by atoms with van der Waals surface area (Å²) in [4.78, 5) is 23.7. The fourth-order valence-electron chi connectivity index (χ4n) is 1.07. The number of nitrogens with one attached hydrogen (secondary N) is 1. The monoisotopic (exact) mass is 373 g/mol. The number of aliphatic carboxylic acids is 1. The summed E-state index contributed by atoms with van der Waals surface area (Å²) in [7, 11) is 0. The first-order valence-electron chi connectivity index (χ1n) is 5.39. The van der Waals surface area contributed by atoms with Crippen molar-refractivity contribution in [2.24, 2.45) is 0 Å². The largest absolute Gasteiger partial charge is 0.503 e. The van der Waals surface area contributed by atoms with Crippen LogP contribution in [0.25, 0.3) is 0 Å². The molecule has 1 radical (unpaired) electrons. The molecule has 1 aromatic heterocycles. The molecule has 1 aliphatic rings. The number of halogens is 1. The Bertz CT molecular complexity index is 477. The van der Waals surface area contributed by atoms with Crippen molar-refractivity contribution in [3.8, 4) is 5.88 Å². The molecule has 0 bridgehead atoms. The minimum absolute atomic E-state index is 0. The van der Waals surface area contributed by atoms with Crippen LogP contribution in [-0.2, 0) is 42.3 Å². The van der Waals surface area contributed by atoms with Crippen molar-refractivity contribution >= 4 is 29.3 Å². The van der Waals surface area contributed by atoms with E-state index >= 15 is 0 Å². The molecule has 2 N–H and O–H groups in total. The average molecular weight is 374 g/mol. The van der Waals surface area contributed by atoms with E-state index in [1.54, 1.807) is 12.1 Å². The molecule has 8 heteroatoms. The van der Waals surface area contributed by atoms with Gasteiger partial charge in [-0.05, 0) is 18.9 Å². The number of anilines is 1. The second-order valence-corrected chi connectivity index (χ2v) is 4.15. The zero-order chi connectivity index (χ0) is 14.4. The number of carbonyl (C=O) groups excluding carboxylic acids is 1. The molecule has 0 saturated heterocycles. The second kappa shape index (κ2) is 9.05. The Labute approximate surface area is 147 Å². The Hall–Kier alpha value is -0.976. The average Bonchev–Trinajstić information content (AvgIpc) is 3.05. The van der Waals surface area contributed by atoms with Gasteiger partial charge in [0.05, 0.1) is 10.9 Å². The van der Waals surface area contributed by atoms with Gasteiger partial charge in [0.1, 0.15) is 6.10 Å². The molecule has 1 saturated carbocycles. The van der Waals surface area contributed by atoms with Crippen molar-refractivity contribution in [1.82, 2.24) is 4.98 Å². The Balaban J connectivity index is 0.000000644. The van der Waals surface area contributed by atoms with Crippen LogP contribution >= 0.6 is 11.6 Å². The minimum atomic E-state index is -1.08. The van der Waals surface area contributed by atoms with E-state index in [1.165, 1.54) is 0 Å². The summed E-state index contributed by atoms with van der Waals surface area (Å²) in [5.74, 6) is -0.770. The first-order chi connectivity index (χ1) is 8.88. The van der Waals surface area contributed by atoms with E-state index in [2.05, 4.69) is 24.1 Å². The van der Waals surface area contributed by atoms with E-state index in [-0.39, 0.29) is 44.6 Å². The molecular weight excluding hydrogens is 361 g/mol. The molecule has 0 unspecified atom stereocenters. The van der Waals surface area contributed by atoms with E-state index in [9.17, 15) is 4.79 Å². The topological polar surface area (TPSA) is 88.5 Å². The number of pyridine rings is 1. The van der Waals surface area contributed by atoms with Gasteiger partial charge in [0, 0.05) is 38.8 Å². The molecule has 1 aliphatic carbocycles. The van der Waals surface area contributed by atoms with Crippen molar-refractivity contribution in [1.29, 1.82) is 0 Å². The minimum Gasteiger partial charge on any atom is -0.503 e.